The molecule has 3 aromatic rings. The number of rotatable bonds is 11. The average Bonchev–Trinajstić information content (AvgIpc) is 3.00. The fourth-order valence-electron chi connectivity index (χ4n) is 5.14. The standard InChI is InChI=1S/C31H36F2N2O6/c1-31(24-9-7-8-10-25(24)33)29(40-6)28(17-32)41-30(34-31)35(18-20-11-13-22(36-2)15-26(20)38-4)19-21-12-14-23(37-3)16-27(21)39-5/h7-16,28-29H,17-19H2,1-6H3/t28-,29+,31-/m1/s1. The van der Waals surface area contributed by atoms with Crippen LogP contribution in [0.2, 0.25) is 0 Å². The molecule has 0 saturated heterocycles. The molecule has 0 aliphatic carbocycles. The van der Waals surface area contributed by atoms with Gasteiger partial charge in [0.1, 0.15) is 47.1 Å². The lowest BCUT2D eigenvalue weighted by atomic mass is 9.83. The summed E-state index contributed by atoms with van der Waals surface area (Å²) in [5.74, 6) is 1.96. The van der Waals surface area contributed by atoms with Crippen molar-refractivity contribution in [3.8, 4) is 23.0 Å². The first-order valence-corrected chi connectivity index (χ1v) is 13.1. The smallest absolute Gasteiger partial charge is 0.289 e. The van der Waals surface area contributed by atoms with Crippen molar-refractivity contribution in [2.75, 3.05) is 42.2 Å². The molecule has 1 aliphatic rings. The van der Waals surface area contributed by atoms with E-state index in [1.165, 1.54) is 13.2 Å². The summed E-state index contributed by atoms with van der Waals surface area (Å²) in [7, 11) is 7.74. The first-order chi connectivity index (χ1) is 19.8. The van der Waals surface area contributed by atoms with Crippen LogP contribution in [-0.4, -0.2) is 65.4 Å². The maximum Gasteiger partial charge on any atom is 0.289 e. The highest BCUT2D eigenvalue weighted by atomic mass is 19.1. The van der Waals surface area contributed by atoms with Gasteiger partial charge in [0.2, 0.25) is 0 Å². The van der Waals surface area contributed by atoms with Crippen molar-refractivity contribution in [1.82, 2.24) is 4.90 Å². The maximum absolute atomic E-state index is 15.2. The molecule has 0 unspecified atom stereocenters. The number of nitrogens with zero attached hydrogens (tertiary/aromatic N) is 2. The number of alkyl halides is 1. The summed E-state index contributed by atoms with van der Waals surface area (Å²) in [6.45, 7) is 1.37. The molecule has 1 aliphatic heterocycles. The van der Waals surface area contributed by atoms with Crippen LogP contribution >= 0.6 is 0 Å². The largest absolute Gasteiger partial charge is 0.497 e. The van der Waals surface area contributed by atoms with Gasteiger partial charge in [-0.15, -0.1) is 0 Å². The number of ether oxygens (including phenoxy) is 6. The Bertz CT molecular complexity index is 1310. The van der Waals surface area contributed by atoms with E-state index in [4.69, 9.17) is 33.4 Å². The third-order valence-electron chi connectivity index (χ3n) is 7.28. The SMILES string of the molecule is COc1ccc(CN(Cc2ccc(OC)cc2OC)C2=N[C@](C)(c3ccccc3F)[C@@H](OC)[C@@H](CF)O2)c(OC)c1. The molecule has 0 amide bonds. The van der Waals surface area contributed by atoms with E-state index in [9.17, 15) is 4.39 Å². The van der Waals surface area contributed by atoms with Gasteiger partial charge < -0.3 is 33.3 Å². The highest BCUT2D eigenvalue weighted by Gasteiger charge is 2.49. The van der Waals surface area contributed by atoms with Gasteiger partial charge in [0.15, 0.2) is 6.10 Å². The fourth-order valence-corrected chi connectivity index (χ4v) is 5.14. The molecular formula is C31H36F2N2O6. The van der Waals surface area contributed by atoms with Crippen LogP contribution < -0.4 is 18.9 Å². The summed E-state index contributed by atoms with van der Waals surface area (Å²) in [4.78, 5) is 6.76. The molecule has 0 fully saturated rings. The summed E-state index contributed by atoms with van der Waals surface area (Å²) in [5.41, 5.74) is 0.571. The first kappa shape index (κ1) is 29.9. The maximum atomic E-state index is 15.2. The monoisotopic (exact) mass is 570 g/mol. The number of methoxy groups -OCH3 is 5. The van der Waals surface area contributed by atoms with Gasteiger partial charge >= 0.3 is 0 Å². The van der Waals surface area contributed by atoms with Crippen LogP contribution in [0, 0.1) is 5.82 Å². The number of hydrogen-bond donors (Lipinski definition) is 0. The molecule has 10 heteroatoms. The van der Waals surface area contributed by atoms with E-state index in [1.807, 2.05) is 29.2 Å². The van der Waals surface area contributed by atoms with Gasteiger partial charge in [0.25, 0.3) is 6.02 Å². The van der Waals surface area contributed by atoms with Crippen molar-refractivity contribution in [3.63, 3.8) is 0 Å². The van der Waals surface area contributed by atoms with E-state index in [2.05, 4.69) is 0 Å². The third-order valence-corrected chi connectivity index (χ3v) is 7.28. The van der Waals surface area contributed by atoms with Crippen LogP contribution in [0.15, 0.2) is 65.7 Å². The summed E-state index contributed by atoms with van der Waals surface area (Å²) >= 11 is 0. The Morgan fingerprint density at radius 3 is 1.85 bits per heavy atom. The second-order valence-electron chi connectivity index (χ2n) is 9.70. The number of halogens is 2. The van der Waals surface area contributed by atoms with Gasteiger partial charge in [-0.2, -0.15) is 0 Å². The quantitative estimate of drug-likeness (QED) is 0.301. The Labute approximate surface area is 239 Å². The van der Waals surface area contributed by atoms with Crippen LogP contribution in [-0.2, 0) is 28.1 Å². The van der Waals surface area contributed by atoms with E-state index in [0.29, 0.717) is 23.0 Å². The molecule has 1 heterocycles. The van der Waals surface area contributed by atoms with Crippen molar-refractivity contribution in [1.29, 1.82) is 0 Å². The predicted molar refractivity (Wildman–Crippen MR) is 151 cm³/mol. The molecule has 220 valence electrons. The molecule has 0 saturated carbocycles. The lowest BCUT2D eigenvalue weighted by molar-refractivity contribution is -0.0783. The number of hydrogen-bond acceptors (Lipinski definition) is 8. The summed E-state index contributed by atoms with van der Waals surface area (Å²) < 4.78 is 63.6. The van der Waals surface area contributed by atoms with Crippen LogP contribution in [0.4, 0.5) is 8.78 Å². The third kappa shape index (κ3) is 6.17. The molecule has 0 aromatic heterocycles. The molecule has 0 N–H and O–H groups in total. The normalized spacial score (nSPS) is 20.0. The lowest BCUT2D eigenvalue weighted by Crippen LogP contribution is -2.54. The van der Waals surface area contributed by atoms with Crippen molar-refractivity contribution < 1.29 is 37.2 Å². The van der Waals surface area contributed by atoms with E-state index in [1.54, 1.807) is 65.7 Å². The summed E-state index contributed by atoms with van der Waals surface area (Å²) in [6.07, 6.45) is -1.93. The molecule has 8 nitrogen and oxygen atoms in total. The zero-order valence-corrected chi connectivity index (χ0v) is 24.1. The van der Waals surface area contributed by atoms with Crippen molar-refractivity contribution in [2.45, 2.75) is 37.8 Å². The summed E-state index contributed by atoms with van der Waals surface area (Å²) in [6, 6.07) is 17.4. The molecule has 41 heavy (non-hydrogen) atoms. The molecule has 3 atom stereocenters. The van der Waals surface area contributed by atoms with Crippen molar-refractivity contribution >= 4 is 6.02 Å². The zero-order valence-electron chi connectivity index (χ0n) is 24.1. The minimum absolute atomic E-state index is 0.127. The minimum atomic E-state index is -1.29. The van der Waals surface area contributed by atoms with Gasteiger partial charge in [-0.1, -0.05) is 18.2 Å². The summed E-state index contributed by atoms with van der Waals surface area (Å²) in [5, 5.41) is 0. The highest BCUT2D eigenvalue weighted by molar-refractivity contribution is 5.76. The van der Waals surface area contributed by atoms with Crippen LogP contribution in [0.3, 0.4) is 0 Å². The Hall–Kier alpha value is -4.05. The van der Waals surface area contributed by atoms with E-state index >= 15 is 4.39 Å². The lowest BCUT2D eigenvalue weighted by Gasteiger charge is -2.43. The molecule has 3 aromatic carbocycles. The van der Waals surface area contributed by atoms with Crippen LogP contribution in [0.5, 0.6) is 23.0 Å². The van der Waals surface area contributed by atoms with Gasteiger partial charge in [0.05, 0.1) is 41.5 Å². The molecule has 0 spiro atoms. The second-order valence-corrected chi connectivity index (χ2v) is 9.70. The molecule has 4 rings (SSSR count). The highest BCUT2D eigenvalue weighted by Crippen LogP contribution is 2.40. The van der Waals surface area contributed by atoms with Crippen molar-refractivity contribution in [3.05, 3.63) is 83.2 Å². The van der Waals surface area contributed by atoms with E-state index in [-0.39, 0.29) is 24.7 Å². The number of aliphatic imine (C=N–C) groups is 1. The Balaban J connectivity index is 1.86. The number of amidine groups is 1. The number of benzene rings is 3. The van der Waals surface area contributed by atoms with Crippen LogP contribution in [0.25, 0.3) is 0 Å². The second kappa shape index (κ2) is 13.1. The molecule has 0 radical (unpaired) electrons. The van der Waals surface area contributed by atoms with E-state index < -0.39 is 30.2 Å². The Morgan fingerprint density at radius 2 is 1.39 bits per heavy atom. The molecular weight excluding hydrogens is 534 g/mol. The predicted octanol–water partition coefficient (Wildman–Crippen LogP) is 5.52. The molecule has 0 bridgehead atoms. The minimum Gasteiger partial charge on any atom is -0.497 e. The fraction of sp³-hybridized carbons (Fsp3) is 0.387. The zero-order chi connectivity index (χ0) is 29.6. The Morgan fingerprint density at radius 1 is 0.829 bits per heavy atom. The topological polar surface area (TPSA) is 71.0 Å². The Kier molecular flexibility index (Phi) is 9.54. The average molecular weight is 571 g/mol. The van der Waals surface area contributed by atoms with E-state index in [0.717, 1.165) is 11.1 Å². The van der Waals surface area contributed by atoms with Crippen molar-refractivity contribution in [2.24, 2.45) is 4.99 Å². The van der Waals surface area contributed by atoms with Crippen LogP contribution in [0.1, 0.15) is 23.6 Å². The van der Waals surface area contributed by atoms with Gasteiger partial charge in [-0.3, -0.25) is 0 Å². The van der Waals surface area contributed by atoms with Gasteiger partial charge in [0, 0.05) is 35.9 Å². The first-order valence-electron chi connectivity index (χ1n) is 13.1. The van der Waals surface area contributed by atoms with Gasteiger partial charge in [-0.05, 0) is 37.3 Å². The van der Waals surface area contributed by atoms with Gasteiger partial charge in [-0.25, -0.2) is 13.8 Å².